The van der Waals surface area contributed by atoms with E-state index in [1.54, 1.807) is 12.1 Å². The van der Waals surface area contributed by atoms with Gasteiger partial charge in [0, 0.05) is 81.3 Å². The van der Waals surface area contributed by atoms with Crippen LogP contribution >= 0.6 is 23.2 Å². The number of amides is 1. The molecule has 8 rings (SSSR count). The summed E-state index contributed by atoms with van der Waals surface area (Å²) in [5, 5.41) is 16.1. The predicted molar refractivity (Wildman–Crippen MR) is 247 cm³/mol. The minimum absolute atomic E-state index is 0.0386. The fraction of sp³-hybridized carbons (Fsp3) is 0.422. The summed E-state index contributed by atoms with van der Waals surface area (Å²) < 4.78 is 46.9. The molecule has 1 aromatic heterocycles. The first-order chi connectivity index (χ1) is 30.6. The van der Waals surface area contributed by atoms with Gasteiger partial charge in [-0.05, 0) is 72.2 Å². The van der Waals surface area contributed by atoms with Gasteiger partial charge in [0.05, 0.1) is 58.6 Å². The van der Waals surface area contributed by atoms with E-state index in [2.05, 4.69) is 55.7 Å². The molecule has 4 N–H and O–H groups in total. The number of anilines is 3. The number of pyridine rings is 1. The number of aromatic nitrogens is 1. The number of nitrogens with two attached hydrogens (primary N) is 1. The maximum absolute atomic E-state index is 13.9. The number of sulfonamides is 1. The summed E-state index contributed by atoms with van der Waals surface area (Å²) in [4.78, 5) is 35.9. The van der Waals surface area contributed by atoms with Crippen molar-refractivity contribution in [2.24, 2.45) is 5.41 Å². The third-order valence-corrected chi connectivity index (χ3v) is 14.2. The van der Waals surface area contributed by atoms with Gasteiger partial charge in [-0.25, -0.2) is 18.1 Å². The Kier molecular flexibility index (Phi) is 13.7. The molecule has 3 saturated heterocycles. The lowest BCUT2D eigenvalue weighted by Gasteiger charge is -2.42. The molecule has 4 heterocycles. The van der Waals surface area contributed by atoms with Gasteiger partial charge in [0.1, 0.15) is 23.0 Å². The number of nitrogens with zero attached hydrogens (tertiary/aromatic N) is 5. The first-order valence-corrected chi connectivity index (χ1v) is 23.5. The van der Waals surface area contributed by atoms with Crippen LogP contribution in [-0.2, 0) is 19.5 Å². The molecule has 340 valence electrons. The van der Waals surface area contributed by atoms with E-state index in [-0.39, 0.29) is 51.7 Å². The average molecular weight is 936 g/mol. The van der Waals surface area contributed by atoms with Crippen LogP contribution < -0.4 is 25.4 Å². The van der Waals surface area contributed by atoms with Crippen LogP contribution in [0, 0.1) is 15.5 Å². The number of rotatable bonds is 14. The number of nitro benzene ring substituents is 1. The number of hydrogen-bond donors (Lipinski definition) is 3. The molecule has 19 heteroatoms. The third kappa shape index (κ3) is 10.7. The fourth-order valence-corrected chi connectivity index (χ4v) is 9.83. The van der Waals surface area contributed by atoms with Crippen LogP contribution in [0.2, 0.25) is 10.0 Å². The van der Waals surface area contributed by atoms with E-state index in [0.717, 1.165) is 62.2 Å². The quantitative estimate of drug-likeness (QED) is 0.0857. The first kappa shape index (κ1) is 45.6. The normalized spacial score (nSPS) is 19.8. The molecule has 3 aromatic carbocycles. The van der Waals surface area contributed by atoms with Gasteiger partial charge in [-0.15, -0.1) is 0 Å². The summed E-state index contributed by atoms with van der Waals surface area (Å²) in [6, 6.07) is 18.2. The molecule has 16 nitrogen and oxygen atoms in total. The van der Waals surface area contributed by atoms with E-state index in [1.807, 2.05) is 12.1 Å². The molecular weight excluding hydrogens is 884 g/mol. The maximum atomic E-state index is 13.9. The topological polar surface area (TPSA) is 195 Å². The molecule has 4 aliphatic rings. The molecule has 0 saturated carbocycles. The molecule has 1 atom stereocenters. The molecule has 4 aromatic rings. The molecule has 0 bridgehead atoms. The second-order valence-electron chi connectivity index (χ2n) is 17.4. The van der Waals surface area contributed by atoms with Gasteiger partial charge in [-0.1, -0.05) is 54.8 Å². The molecule has 1 aliphatic carbocycles. The van der Waals surface area contributed by atoms with Gasteiger partial charge in [0.15, 0.2) is 0 Å². The molecule has 3 fully saturated rings. The zero-order valence-corrected chi connectivity index (χ0v) is 38.1. The molecular formula is C45H52Cl2N8O8S. The van der Waals surface area contributed by atoms with Crippen molar-refractivity contribution in [2.45, 2.75) is 50.2 Å². The van der Waals surface area contributed by atoms with Gasteiger partial charge >= 0.3 is 0 Å². The number of nitro groups is 1. The summed E-state index contributed by atoms with van der Waals surface area (Å²) in [7, 11) is -4.62. The van der Waals surface area contributed by atoms with Crippen molar-refractivity contribution in [3.05, 3.63) is 110 Å². The summed E-state index contributed by atoms with van der Waals surface area (Å²) in [6.07, 6.45) is 4.25. The number of allylic oxidation sites excluding steroid dienone is 1. The monoisotopic (exact) mass is 934 g/mol. The van der Waals surface area contributed by atoms with Gasteiger partial charge in [0.25, 0.3) is 21.6 Å². The number of carbonyl (C=O) groups is 1. The minimum atomic E-state index is -4.62. The van der Waals surface area contributed by atoms with Crippen LogP contribution in [0.4, 0.5) is 22.9 Å². The number of hydrogen-bond acceptors (Lipinski definition) is 14. The lowest BCUT2D eigenvalue weighted by molar-refractivity contribution is -0.384. The number of nitrogen functional groups attached to an aromatic ring is 1. The third-order valence-electron chi connectivity index (χ3n) is 12.3. The Morgan fingerprint density at radius 2 is 1.80 bits per heavy atom. The zero-order chi connectivity index (χ0) is 45.2. The van der Waals surface area contributed by atoms with Crippen LogP contribution in [0.1, 0.15) is 49.0 Å². The lowest BCUT2D eigenvalue weighted by atomic mass is 9.72. The van der Waals surface area contributed by atoms with Crippen molar-refractivity contribution in [3.63, 3.8) is 0 Å². The van der Waals surface area contributed by atoms with E-state index >= 15 is 0 Å². The largest absolute Gasteiger partial charge is 0.455 e. The second-order valence-corrected chi connectivity index (χ2v) is 20.0. The number of carbonyl (C=O) groups excluding carboxylic acids is 1. The fourth-order valence-electron chi connectivity index (χ4n) is 8.56. The highest BCUT2D eigenvalue weighted by Gasteiger charge is 2.33. The Hall–Kier alpha value is -5.01. The highest BCUT2D eigenvalue weighted by Crippen LogP contribution is 2.43. The van der Waals surface area contributed by atoms with Crippen LogP contribution in [0.15, 0.2) is 83.4 Å². The van der Waals surface area contributed by atoms with Crippen molar-refractivity contribution in [1.29, 1.82) is 0 Å². The van der Waals surface area contributed by atoms with Crippen LogP contribution in [0.3, 0.4) is 0 Å². The van der Waals surface area contributed by atoms with Crippen LogP contribution in [-0.4, -0.2) is 118 Å². The van der Waals surface area contributed by atoms with E-state index in [1.165, 1.54) is 47.2 Å². The minimum Gasteiger partial charge on any atom is -0.455 e. The van der Waals surface area contributed by atoms with E-state index in [4.69, 9.17) is 43.1 Å². The van der Waals surface area contributed by atoms with Crippen molar-refractivity contribution in [1.82, 2.24) is 19.5 Å². The van der Waals surface area contributed by atoms with Crippen molar-refractivity contribution >= 4 is 67.6 Å². The Morgan fingerprint density at radius 1 is 1.03 bits per heavy atom. The number of benzene rings is 3. The molecule has 0 unspecified atom stereocenters. The van der Waals surface area contributed by atoms with E-state index < -0.39 is 31.4 Å². The molecule has 1 amide bonds. The summed E-state index contributed by atoms with van der Waals surface area (Å²) in [5.74, 6) is -0.722. The summed E-state index contributed by atoms with van der Waals surface area (Å²) in [5.41, 5.74) is 10.4. The van der Waals surface area contributed by atoms with Gasteiger partial charge in [0.2, 0.25) is 0 Å². The molecule has 0 radical (unpaired) electrons. The highest BCUT2D eigenvalue weighted by atomic mass is 35.5. The zero-order valence-electron chi connectivity index (χ0n) is 35.7. The number of halogens is 2. The summed E-state index contributed by atoms with van der Waals surface area (Å²) in [6.45, 7) is 12.0. The average Bonchev–Trinajstić information content (AvgIpc) is 3.24. The smallest absolute Gasteiger partial charge is 0.293 e. The van der Waals surface area contributed by atoms with Gasteiger partial charge in [-0.3, -0.25) is 24.7 Å². The van der Waals surface area contributed by atoms with E-state index in [9.17, 15) is 23.3 Å². The Morgan fingerprint density at radius 3 is 2.50 bits per heavy atom. The summed E-state index contributed by atoms with van der Waals surface area (Å²) >= 11 is 12.5. The Labute approximate surface area is 382 Å². The number of ether oxygens (including phenoxy) is 3. The van der Waals surface area contributed by atoms with Crippen molar-refractivity contribution < 1.29 is 32.3 Å². The van der Waals surface area contributed by atoms with E-state index in [0.29, 0.717) is 45.5 Å². The highest BCUT2D eigenvalue weighted by molar-refractivity contribution is 7.90. The van der Waals surface area contributed by atoms with Gasteiger partial charge < -0.3 is 30.2 Å². The molecule has 64 heavy (non-hydrogen) atoms. The second kappa shape index (κ2) is 19.2. The predicted octanol–water partition coefficient (Wildman–Crippen LogP) is 7.09. The number of morpholine rings is 1. The maximum Gasteiger partial charge on any atom is 0.293 e. The number of piperazine rings is 1. The van der Waals surface area contributed by atoms with Gasteiger partial charge in [-0.2, -0.15) is 0 Å². The molecule has 0 spiro atoms. The van der Waals surface area contributed by atoms with Crippen molar-refractivity contribution in [2.75, 3.05) is 88.1 Å². The molecule has 3 aliphatic heterocycles. The lowest BCUT2D eigenvalue weighted by Crippen LogP contribution is -2.56. The number of nitrogens with one attached hydrogen (secondary N) is 2. The Balaban J connectivity index is 0.972. The van der Waals surface area contributed by atoms with Crippen LogP contribution in [0.25, 0.3) is 5.57 Å². The Bertz CT molecular complexity index is 2530. The SMILES string of the molecule is CC1(C)CCC(CN2CCN(c3ccc(C(=O)NS(=O)(=O)c4ccc(NC[C@H]5CN(C6COC6)CCO5)c([N+](=O)[O-])c4)c(Oc4cnc(N)c(Cl)c4)c3)CC2)=C(c2ccc(Cl)cc2)C1. The standard InChI is InChI=1S/C45H52Cl2N8O8S/c1-45(2)12-11-30(38(22-45)29-3-5-31(46)6-4-29)25-52-13-15-53(16-14-52)32-7-9-37(42(19-32)63-34-20-39(47)43(48)50-23-34)44(56)51-64(59,60)36-8-10-40(41(21-36)55(57)58)49-24-35-26-54(17-18-62-35)33-27-61-28-33/h3-10,19-21,23,33,35,49H,11-18,22,24-28H2,1-2H3,(H2,48,50)(H,51,56)/t35-/m0/s1. The van der Waals surface area contributed by atoms with Crippen molar-refractivity contribution in [3.8, 4) is 11.5 Å². The van der Waals surface area contributed by atoms with Crippen LogP contribution in [0.5, 0.6) is 11.5 Å². The first-order valence-electron chi connectivity index (χ1n) is 21.3.